The Morgan fingerprint density at radius 1 is 1.12 bits per heavy atom. The zero-order chi connectivity index (χ0) is 29.6. The number of aromatic nitrogens is 2. The zero-order valence-electron chi connectivity index (χ0n) is 21.9. The molecule has 2 amide bonds. The van der Waals surface area contributed by atoms with Gasteiger partial charge in [-0.3, -0.25) is 10.1 Å². The van der Waals surface area contributed by atoms with E-state index in [9.17, 15) is 31.9 Å². The summed E-state index contributed by atoms with van der Waals surface area (Å²) in [6.45, 7) is 3.56. The van der Waals surface area contributed by atoms with Crippen LogP contribution in [0.25, 0.3) is 21.7 Å². The molecule has 0 saturated heterocycles. The van der Waals surface area contributed by atoms with E-state index in [2.05, 4.69) is 20.6 Å². The van der Waals surface area contributed by atoms with Crippen LogP contribution in [0.3, 0.4) is 0 Å². The van der Waals surface area contributed by atoms with E-state index in [0.29, 0.717) is 17.9 Å². The van der Waals surface area contributed by atoms with Gasteiger partial charge in [0, 0.05) is 49.5 Å². The van der Waals surface area contributed by atoms with Crippen LogP contribution in [-0.4, -0.2) is 59.9 Å². The summed E-state index contributed by atoms with van der Waals surface area (Å²) in [4.78, 5) is 47.0. The second kappa shape index (κ2) is 12.7. The first-order valence-electron chi connectivity index (χ1n) is 11.8. The normalized spacial score (nSPS) is 11.7. The van der Waals surface area contributed by atoms with Gasteiger partial charge in [-0.05, 0) is 37.6 Å². The Bertz CT molecular complexity index is 1450. The summed E-state index contributed by atoms with van der Waals surface area (Å²) >= 11 is 0.707. The number of carbonyl (C=O) groups excluding carboxylic acids is 3. The van der Waals surface area contributed by atoms with E-state index < -0.39 is 46.6 Å². The molecule has 0 aliphatic carbocycles. The summed E-state index contributed by atoms with van der Waals surface area (Å²) in [5.74, 6) is -2.81. The van der Waals surface area contributed by atoms with E-state index >= 15 is 0 Å². The number of nitrogens with zero attached hydrogens (tertiary/aromatic N) is 3. The molecule has 2 N–H and O–H groups in total. The van der Waals surface area contributed by atoms with Crippen molar-refractivity contribution in [1.82, 2.24) is 20.2 Å². The van der Waals surface area contributed by atoms with Gasteiger partial charge in [-0.1, -0.05) is 6.07 Å². The number of urea groups is 1. The Morgan fingerprint density at radius 3 is 2.45 bits per heavy atom. The number of anilines is 1. The number of carbonyl (C=O) groups is 3. The van der Waals surface area contributed by atoms with Gasteiger partial charge in [0.05, 0.1) is 12.2 Å². The number of ether oxygens (including phenoxy) is 1. The predicted octanol–water partition coefficient (Wildman–Crippen LogP) is 5.36. The quantitative estimate of drug-likeness (QED) is 0.0876. The Kier molecular flexibility index (Phi) is 9.58. The van der Waals surface area contributed by atoms with Crippen LogP contribution < -0.4 is 10.6 Å². The van der Waals surface area contributed by atoms with Crippen molar-refractivity contribution in [2.75, 3.05) is 32.6 Å². The lowest BCUT2D eigenvalue weighted by atomic mass is 9.96. The van der Waals surface area contributed by atoms with Crippen molar-refractivity contribution in [2.24, 2.45) is 0 Å². The van der Waals surface area contributed by atoms with E-state index in [-0.39, 0.29) is 34.1 Å². The molecule has 9 nitrogen and oxygen atoms in total. The Hall–Kier alpha value is -4.33. The number of halogens is 4. The topological polar surface area (TPSA) is 114 Å². The van der Waals surface area contributed by atoms with Gasteiger partial charge >= 0.3 is 18.2 Å². The fourth-order valence-corrected chi connectivity index (χ4v) is 4.32. The molecule has 1 aromatic carbocycles. The largest absolute Gasteiger partial charge is 0.462 e. The molecule has 212 valence electrons. The SMILES string of the molecule is CCNC(=O)Nc1cc(-c2nc(C(F)(F)F)cs2)c(-c2ccc(F)c(C(=O)/C(=C\N(C)C)C(=O)OCC)c2)cn1. The fraction of sp³-hybridized carbons (Fsp3) is 0.269. The van der Waals surface area contributed by atoms with Crippen LogP contribution in [0.4, 0.5) is 28.2 Å². The van der Waals surface area contributed by atoms with Crippen LogP contribution in [0, 0.1) is 5.82 Å². The number of thiazole rings is 1. The average Bonchev–Trinajstić information content (AvgIpc) is 3.38. The Morgan fingerprint density at radius 2 is 1.85 bits per heavy atom. The third kappa shape index (κ3) is 7.20. The van der Waals surface area contributed by atoms with Crippen molar-refractivity contribution < 1.29 is 36.7 Å². The molecule has 3 rings (SSSR count). The van der Waals surface area contributed by atoms with Crippen molar-refractivity contribution in [3.63, 3.8) is 0 Å². The zero-order valence-corrected chi connectivity index (χ0v) is 22.7. The lowest BCUT2D eigenvalue weighted by molar-refractivity contribution is -0.140. The van der Waals surface area contributed by atoms with E-state index in [1.165, 1.54) is 29.4 Å². The van der Waals surface area contributed by atoms with Crippen molar-refractivity contribution in [3.05, 3.63) is 64.7 Å². The van der Waals surface area contributed by atoms with Crippen LogP contribution in [0.1, 0.15) is 29.9 Å². The van der Waals surface area contributed by atoms with Crippen molar-refractivity contribution in [3.8, 4) is 21.7 Å². The molecular weight excluding hydrogens is 554 g/mol. The highest BCUT2D eigenvalue weighted by molar-refractivity contribution is 7.13. The third-order valence-corrected chi connectivity index (χ3v) is 6.03. The molecular formula is C26H25F4N5O4S. The Balaban J connectivity index is 2.16. The lowest BCUT2D eigenvalue weighted by Crippen LogP contribution is -2.28. The van der Waals surface area contributed by atoms with Crippen LogP contribution in [0.5, 0.6) is 0 Å². The van der Waals surface area contributed by atoms with Crippen LogP contribution in [0.15, 0.2) is 47.6 Å². The van der Waals surface area contributed by atoms with Gasteiger partial charge in [0.1, 0.15) is 22.2 Å². The highest BCUT2D eigenvalue weighted by Gasteiger charge is 2.34. The molecule has 0 saturated carbocycles. The monoisotopic (exact) mass is 579 g/mol. The van der Waals surface area contributed by atoms with Gasteiger partial charge in [-0.15, -0.1) is 11.3 Å². The van der Waals surface area contributed by atoms with Gasteiger partial charge in [0.2, 0.25) is 5.78 Å². The first-order valence-corrected chi connectivity index (χ1v) is 12.7. The second-order valence-electron chi connectivity index (χ2n) is 8.39. The molecule has 0 aliphatic rings. The predicted molar refractivity (Wildman–Crippen MR) is 141 cm³/mol. The lowest BCUT2D eigenvalue weighted by Gasteiger charge is -2.14. The number of pyridine rings is 1. The molecule has 0 atom stereocenters. The fourth-order valence-electron chi connectivity index (χ4n) is 3.46. The maximum atomic E-state index is 14.9. The van der Waals surface area contributed by atoms with Gasteiger partial charge < -0.3 is 15.0 Å². The molecule has 14 heteroatoms. The minimum atomic E-state index is -4.69. The van der Waals surface area contributed by atoms with Crippen molar-refractivity contribution in [2.45, 2.75) is 20.0 Å². The molecule has 0 bridgehead atoms. The van der Waals surface area contributed by atoms with Crippen LogP contribution in [-0.2, 0) is 15.7 Å². The molecule has 0 aliphatic heterocycles. The van der Waals surface area contributed by atoms with E-state index in [1.54, 1.807) is 27.9 Å². The summed E-state index contributed by atoms with van der Waals surface area (Å²) in [7, 11) is 3.13. The van der Waals surface area contributed by atoms with E-state index in [1.807, 2.05) is 0 Å². The second-order valence-corrected chi connectivity index (χ2v) is 9.24. The molecule has 0 radical (unpaired) electrons. The minimum absolute atomic E-state index is 0.0151. The number of ketones is 1. The standard InChI is InChI=1S/C26H25F4N5O4S/c1-5-31-25(38)34-21-10-15(23-33-20(13-40-23)26(28,29)30)17(11-32-21)14-7-8-19(27)16(9-14)22(36)18(12-35(3)4)24(37)39-6-2/h7-13H,5-6H2,1-4H3,(H2,31,32,34,38)/b18-12+. The molecule has 0 unspecified atom stereocenters. The molecule has 0 spiro atoms. The van der Waals surface area contributed by atoms with E-state index in [4.69, 9.17) is 4.74 Å². The molecule has 2 aromatic heterocycles. The van der Waals surface area contributed by atoms with Gasteiger partial charge in [-0.25, -0.2) is 23.9 Å². The van der Waals surface area contributed by atoms with Crippen molar-refractivity contribution in [1.29, 1.82) is 0 Å². The number of benzene rings is 1. The summed E-state index contributed by atoms with van der Waals surface area (Å²) in [5, 5.41) is 5.78. The first kappa shape index (κ1) is 30.2. The number of hydrogen-bond donors (Lipinski definition) is 2. The smallest absolute Gasteiger partial charge is 0.434 e. The van der Waals surface area contributed by atoms with Gasteiger partial charge in [0.25, 0.3) is 0 Å². The summed E-state index contributed by atoms with van der Waals surface area (Å²) in [6, 6.07) is 4.20. The number of nitrogens with one attached hydrogen (secondary N) is 2. The van der Waals surface area contributed by atoms with E-state index in [0.717, 1.165) is 17.5 Å². The van der Waals surface area contributed by atoms with Crippen LogP contribution >= 0.6 is 11.3 Å². The maximum Gasteiger partial charge on any atom is 0.434 e. The number of Topliss-reactive ketones (excluding diaryl/α,β-unsaturated/α-hetero) is 1. The summed E-state index contributed by atoms with van der Waals surface area (Å²) in [5.41, 5.74) is -1.46. The molecule has 3 aromatic rings. The van der Waals surface area contributed by atoms with Crippen LogP contribution in [0.2, 0.25) is 0 Å². The summed E-state index contributed by atoms with van der Waals surface area (Å²) in [6.07, 6.45) is -2.23. The Labute approximate surface area is 230 Å². The van der Waals surface area contributed by atoms with Gasteiger partial charge in [-0.2, -0.15) is 13.2 Å². The molecule has 0 fully saturated rings. The minimum Gasteiger partial charge on any atom is -0.462 e. The van der Waals surface area contributed by atoms with Gasteiger partial charge in [0.15, 0.2) is 5.69 Å². The third-order valence-electron chi connectivity index (χ3n) is 5.16. The van der Waals surface area contributed by atoms with Crippen molar-refractivity contribution >= 4 is 34.9 Å². The average molecular weight is 580 g/mol. The highest BCUT2D eigenvalue weighted by atomic mass is 32.1. The number of esters is 1. The molecule has 40 heavy (non-hydrogen) atoms. The number of rotatable bonds is 9. The number of hydrogen-bond acceptors (Lipinski definition) is 8. The number of amides is 2. The summed E-state index contributed by atoms with van der Waals surface area (Å²) < 4.78 is 59.7. The first-order chi connectivity index (χ1) is 18.8. The molecule has 2 heterocycles. The number of alkyl halides is 3. The maximum absolute atomic E-state index is 14.9. The highest BCUT2D eigenvalue weighted by Crippen LogP contribution is 2.39.